The third kappa shape index (κ3) is 10.1. The molecule has 234 valence electrons. The van der Waals surface area contributed by atoms with E-state index < -0.39 is 36.1 Å². The molecule has 0 aliphatic rings. The first-order valence-corrected chi connectivity index (χ1v) is 12.9. The van der Waals surface area contributed by atoms with Crippen molar-refractivity contribution < 1.29 is 61.8 Å². The molecule has 0 heterocycles. The van der Waals surface area contributed by atoms with Crippen LogP contribution < -0.4 is 28.4 Å². The lowest BCUT2D eigenvalue weighted by Crippen LogP contribution is -2.34. The molecular weight excluding hydrogens is 568 g/mol. The second kappa shape index (κ2) is 16.5. The molecule has 0 spiro atoms. The first-order valence-electron chi connectivity index (χ1n) is 12.9. The number of carbonyl (C=O) groups excluding carboxylic acids is 4. The average molecular weight is 605 g/mol. The van der Waals surface area contributed by atoms with Gasteiger partial charge in [0, 0.05) is 33.3 Å². The van der Waals surface area contributed by atoms with Gasteiger partial charge in [0.05, 0.1) is 28.4 Å². The Labute approximate surface area is 249 Å². The largest absolute Gasteiger partial charge is 0.493 e. The summed E-state index contributed by atoms with van der Waals surface area (Å²) in [4.78, 5) is 46.9. The van der Waals surface area contributed by atoms with Crippen molar-refractivity contribution >= 4 is 30.0 Å². The fourth-order valence-electron chi connectivity index (χ4n) is 3.84. The summed E-state index contributed by atoms with van der Waals surface area (Å²) in [6.07, 6.45) is 0.967. The average Bonchev–Trinajstić information content (AvgIpc) is 2.95. The first kappa shape index (κ1) is 34.3. The third-order valence-electron chi connectivity index (χ3n) is 5.58. The number of benzene rings is 2. The van der Waals surface area contributed by atoms with Gasteiger partial charge in [0.2, 0.25) is 11.5 Å². The maximum atomic E-state index is 12.3. The molecule has 0 aliphatic heterocycles. The van der Waals surface area contributed by atoms with E-state index in [0.29, 0.717) is 11.1 Å². The van der Waals surface area contributed by atoms with Gasteiger partial charge in [0.25, 0.3) is 0 Å². The van der Waals surface area contributed by atoms with Crippen LogP contribution in [0.4, 0.5) is 0 Å². The molecule has 0 saturated carbocycles. The number of hydrogen-bond donors (Lipinski definition) is 0. The first-order chi connectivity index (χ1) is 20.4. The minimum absolute atomic E-state index is 0.0148. The lowest BCUT2D eigenvalue weighted by molar-refractivity contribution is -0.157. The van der Waals surface area contributed by atoms with E-state index in [1.165, 1.54) is 68.3 Å². The Balaban J connectivity index is 2.66. The highest BCUT2D eigenvalue weighted by atomic mass is 16.6. The van der Waals surface area contributed by atoms with Crippen molar-refractivity contribution in [2.24, 2.45) is 0 Å². The molecule has 0 radical (unpaired) electrons. The Morgan fingerprint density at radius 1 is 0.674 bits per heavy atom. The molecule has 0 fully saturated rings. The molecule has 2 unspecified atom stereocenters. The molecule has 13 heteroatoms. The minimum atomic E-state index is -1.20. The van der Waals surface area contributed by atoms with E-state index in [2.05, 4.69) is 0 Å². The van der Waals surface area contributed by atoms with Crippen molar-refractivity contribution in [1.82, 2.24) is 0 Å². The van der Waals surface area contributed by atoms with Crippen LogP contribution in [0.3, 0.4) is 0 Å². The summed E-state index contributed by atoms with van der Waals surface area (Å²) in [5.41, 5.74) is 0.941. The van der Waals surface area contributed by atoms with E-state index in [1.54, 1.807) is 24.3 Å². The van der Waals surface area contributed by atoms with Crippen LogP contribution in [0.1, 0.15) is 44.9 Å². The van der Waals surface area contributed by atoms with Gasteiger partial charge in [-0.3, -0.25) is 19.2 Å². The van der Waals surface area contributed by atoms with Crippen molar-refractivity contribution in [2.75, 3.05) is 41.7 Å². The van der Waals surface area contributed by atoms with Crippen LogP contribution in [0.15, 0.2) is 30.3 Å². The van der Waals surface area contributed by atoms with E-state index in [9.17, 15) is 19.2 Å². The fraction of sp³-hybridized carbons (Fsp3) is 0.400. The van der Waals surface area contributed by atoms with Crippen LogP contribution in [0, 0.1) is 0 Å². The van der Waals surface area contributed by atoms with Crippen molar-refractivity contribution in [3.63, 3.8) is 0 Å². The summed E-state index contributed by atoms with van der Waals surface area (Å²) in [6.45, 7) is 4.66. The highest BCUT2D eigenvalue weighted by Gasteiger charge is 2.33. The van der Waals surface area contributed by atoms with Crippen molar-refractivity contribution in [3.8, 4) is 34.5 Å². The molecular formula is C30H36O13. The molecule has 0 bridgehead atoms. The van der Waals surface area contributed by atoms with Crippen LogP contribution in [0.2, 0.25) is 0 Å². The summed E-state index contributed by atoms with van der Waals surface area (Å²) in [5.74, 6) is -1.49. The second-order valence-electron chi connectivity index (χ2n) is 8.80. The molecule has 43 heavy (non-hydrogen) atoms. The zero-order chi connectivity index (χ0) is 32.1. The normalized spacial score (nSPS) is 12.0. The predicted molar refractivity (Wildman–Crippen MR) is 152 cm³/mol. The van der Waals surface area contributed by atoms with Crippen molar-refractivity contribution in [2.45, 2.75) is 39.9 Å². The monoisotopic (exact) mass is 604 g/mol. The molecule has 0 N–H and O–H groups in total. The molecule has 0 saturated heterocycles. The molecule has 13 nitrogen and oxygen atoms in total. The Kier molecular flexibility index (Phi) is 13.1. The van der Waals surface area contributed by atoms with Crippen LogP contribution in [0.25, 0.3) is 6.08 Å². The van der Waals surface area contributed by atoms with Gasteiger partial charge < -0.3 is 42.6 Å². The van der Waals surface area contributed by atoms with Gasteiger partial charge in [0.1, 0.15) is 13.2 Å². The maximum Gasteiger partial charge on any atom is 0.308 e. The Morgan fingerprint density at radius 2 is 1.19 bits per heavy atom. The zero-order valence-electron chi connectivity index (χ0n) is 25.3. The van der Waals surface area contributed by atoms with Gasteiger partial charge in [-0.15, -0.1) is 0 Å². The second-order valence-corrected chi connectivity index (χ2v) is 8.80. The molecule has 0 amide bonds. The summed E-state index contributed by atoms with van der Waals surface area (Å²) >= 11 is 0. The Bertz CT molecular complexity index is 1280. The van der Waals surface area contributed by atoms with Gasteiger partial charge in [-0.2, -0.15) is 0 Å². The maximum absolute atomic E-state index is 12.3. The SMILES string of the molecule is COc1cc(C(OC(C)=O)C(COC(C)=O)Oc2c(OC)cc(/C=C/COC(C)=O)cc2OC)cc(OC)c1OC(C)=O. The number of hydrogen-bond acceptors (Lipinski definition) is 13. The molecule has 0 aromatic heterocycles. The van der Waals surface area contributed by atoms with Gasteiger partial charge in [0.15, 0.2) is 35.2 Å². The standard InChI is InChI=1S/C30H36O13/c1-17(31)39-11-9-10-21-12-23(35-5)30(24(13-21)36-6)43-27(16-40-18(2)32)28(41-19(3)33)22-14-25(37-7)29(42-20(4)34)26(15-22)38-8/h9-10,12-15,27-28H,11,16H2,1-8H3/b10-9+. The smallest absolute Gasteiger partial charge is 0.308 e. The van der Waals surface area contributed by atoms with Crippen LogP contribution in [0.5, 0.6) is 34.5 Å². The zero-order valence-corrected chi connectivity index (χ0v) is 25.3. The number of esters is 4. The summed E-state index contributed by atoms with van der Waals surface area (Å²) in [5, 5.41) is 0. The number of rotatable bonds is 15. The highest BCUT2D eigenvalue weighted by molar-refractivity contribution is 5.73. The summed E-state index contributed by atoms with van der Waals surface area (Å²) in [7, 11) is 5.55. The van der Waals surface area contributed by atoms with Crippen molar-refractivity contribution in [3.05, 3.63) is 41.5 Å². The van der Waals surface area contributed by atoms with Crippen molar-refractivity contribution in [1.29, 1.82) is 0 Å². The van der Waals surface area contributed by atoms with Gasteiger partial charge in [-0.25, -0.2) is 0 Å². The van der Waals surface area contributed by atoms with Crippen LogP contribution in [-0.4, -0.2) is 71.6 Å². The van der Waals surface area contributed by atoms with E-state index in [0.717, 1.165) is 0 Å². The predicted octanol–water partition coefficient (Wildman–Crippen LogP) is 3.84. The molecule has 2 aromatic carbocycles. The highest BCUT2D eigenvalue weighted by Crippen LogP contribution is 2.44. The summed E-state index contributed by atoms with van der Waals surface area (Å²) < 4.78 is 49.4. The van der Waals surface area contributed by atoms with Crippen LogP contribution in [-0.2, 0) is 33.4 Å². The quantitative estimate of drug-likeness (QED) is 0.165. The molecule has 2 rings (SSSR count). The van der Waals surface area contributed by atoms with Gasteiger partial charge in [-0.05, 0) is 35.9 Å². The van der Waals surface area contributed by atoms with Crippen LogP contribution >= 0.6 is 0 Å². The van der Waals surface area contributed by atoms with E-state index in [1.807, 2.05) is 0 Å². The topological polar surface area (TPSA) is 151 Å². The Hall–Kier alpha value is -4.94. The van der Waals surface area contributed by atoms with E-state index >= 15 is 0 Å². The lowest BCUT2D eigenvalue weighted by Gasteiger charge is -2.29. The number of carbonyl (C=O) groups is 4. The lowest BCUT2D eigenvalue weighted by atomic mass is 10.0. The number of methoxy groups -OCH3 is 4. The molecule has 2 aromatic rings. The summed E-state index contributed by atoms with van der Waals surface area (Å²) in [6, 6.07) is 6.24. The number of ether oxygens (including phenoxy) is 9. The third-order valence-corrected chi connectivity index (χ3v) is 5.58. The molecule has 2 atom stereocenters. The van der Waals surface area contributed by atoms with Gasteiger partial charge >= 0.3 is 23.9 Å². The van der Waals surface area contributed by atoms with Gasteiger partial charge in [-0.1, -0.05) is 6.08 Å². The minimum Gasteiger partial charge on any atom is -0.493 e. The fourth-order valence-corrected chi connectivity index (χ4v) is 3.84. The molecule has 0 aliphatic carbocycles. The van der Waals surface area contributed by atoms with E-state index in [4.69, 9.17) is 42.6 Å². The van der Waals surface area contributed by atoms with E-state index in [-0.39, 0.29) is 47.7 Å². The Morgan fingerprint density at radius 3 is 1.63 bits per heavy atom.